The molecule has 3 aromatic heterocycles. The maximum absolute atomic E-state index is 5.29. The van der Waals surface area contributed by atoms with Crippen molar-refractivity contribution in [3.8, 4) is 21.3 Å². The number of pyridine rings is 1. The van der Waals surface area contributed by atoms with Crippen LogP contribution < -0.4 is 4.90 Å². The molecule has 0 fully saturated rings. The van der Waals surface area contributed by atoms with Crippen molar-refractivity contribution >= 4 is 22.9 Å². The van der Waals surface area contributed by atoms with E-state index in [0.29, 0.717) is 23.9 Å². The first-order chi connectivity index (χ1) is 13.7. The van der Waals surface area contributed by atoms with E-state index in [1.165, 1.54) is 11.3 Å². The smallest absolute Gasteiger partial charge is 0.194 e. The minimum atomic E-state index is 0.350. The Hall–Kier alpha value is -3.20. The van der Waals surface area contributed by atoms with Crippen LogP contribution in [0, 0.1) is 6.92 Å². The molecule has 0 bridgehead atoms. The number of thiazole rings is 1. The van der Waals surface area contributed by atoms with Crippen LogP contribution in [0.25, 0.3) is 21.3 Å². The first-order valence-corrected chi connectivity index (χ1v) is 9.63. The van der Waals surface area contributed by atoms with Gasteiger partial charge in [-0.2, -0.15) is 0 Å². The van der Waals surface area contributed by atoms with Crippen LogP contribution in [0.5, 0.6) is 0 Å². The molecule has 0 amide bonds. The summed E-state index contributed by atoms with van der Waals surface area (Å²) in [5.41, 5.74) is 3.28. The summed E-state index contributed by atoms with van der Waals surface area (Å²) in [7, 11) is 1.97. The Kier molecular flexibility index (Phi) is 5.07. The third-order valence-corrected chi connectivity index (χ3v) is 5.47. The number of nitrogens with zero attached hydrogens (tertiary/aromatic N) is 7. The van der Waals surface area contributed by atoms with Gasteiger partial charge in [0.05, 0.1) is 10.6 Å². The molecule has 1 aliphatic rings. The van der Waals surface area contributed by atoms with Crippen molar-refractivity contribution in [2.75, 3.05) is 25.1 Å². The molecule has 142 valence electrons. The molecule has 8 nitrogen and oxygen atoms in total. The van der Waals surface area contributed by atoms with Gasteiger partial charge in [-0.05, 0) is 19.1 Å². The summed E-state index contributed by atoms with van der Waals surface area (Å²) < 4.78 is 0. The first kappa shape index (κ1) is 18.2. The molecular formula is C19H19N7OS. The number of aromatic nitrogens is 5. The highest BCUT2D eigenvalue weighted by Gasteiger charge is 2.26. The third-order valence-electron chi connectivity index (χ3n) is 4.26. The van der Waals surface area contributed by atoms with E-state index in [0.717, 1.165) is 39.8 Å². The summed E-state index contributed by atoms with van der Waals surface area (Å²) in [5, 5.41) is 13.9. The molecule has 4 rings (SSSR count). The minimum absolute atomic E-state index is 0.350. The molecule has 0 spiro atoms. The normalized spacial score (nSPS) is 14.8. The number of anilines is 1. The van der Waals surface area contributed by atoms with Gasteiger partial charge in [0.2, 0.25) is 0 Å². The lowest BCUT2D eigenvalue weighted by molar-refractivity contribution is 0.174. The Bertz CT molecular complexity index is 1030. The topological polar surface area (TPSA) is 89.3 Å². The van der Waals surface area contributed by atoms with Gasteiger partial charge in [-0.15, -0.1) is 21.5 Å². The molecule has 0 radical (unpaired) electrons. The van der Waals surface area contributed by atoms with Gasteiger partial charge in [-0.3, -0.25) is 4.98 Å². The Labute approximate surface area is 166 Å². The van der Waals surface area contributed by atoms with Gasteiger partial charge in [0.25, 0.3) is 0 Å². The molecule has 28 heavy (non-hydrogen) atoms. The number of rotatable bonds is 5. The number of hydrogen-bond acceptors (Lipinski definition) is 9. The Balaban J connectivity index is 1.74. The molecule has 9 heteroatoms. The number of hydrogen-bond donors (Lipinski definition) is 0. The van der Waals surface area contributed by atoms with E-state index in [2.05, 4.69) is 31.9 Å². The summed E-state index contributed by atoms with van der Waals surface area (Å²) >= 11 is 1.53. The Morgan fingerprint density at radius 3 is 3.04 bits per heavy atom. The van der Waals surface area contributed by atoms with Gasteiger partial charge < -0.3 is 9.74 Å². The second kappa shape index (κ2) is 7.81. The lowest BCUT2D eigenvalue weighted by Gasteiger charge is -2.25. The van der Waals surface area contributed by atoms with Gasteiger partial charge in [0.15, 0.2) is 11.6 Å². The average molecular weight is 393 g/mol. The third kappa shape index (κ3) is 3.48. The van der Waals surface area contributed by atoms with E-state index >= 15 is 0 Å². The average Bonchev–Trinajstić information content (AvgIpc) is 3.12. The van der Waals surface area contributed by atoms with Crippen molar-refractivity contribution in [1.29, 1.82) is 0 Å². The fourth-order valence-electron chi connectivity index (χ4n) is 2.84. The largest absolute Gasteiger partial charge is 0.391 e. The molecule has 1 aliphatic heterocycles. The predicted octanol–water partition coefficient (Wildman–Crippen LogP) is 3.11. The molecule has 0 saturated heterocycles. The Morgan fingerprint density at radius 1 is 1.36 bits per heavy atom. The van der Waals surface area contributed by atoms with Crippen molar-refractivity contribution in [2.45, 2.75) is 13.3 Å². The van der Waals surface area contributed by atoms with Crippen LogP contribution in [0.15, 0.2) is 42.3 Å². The maximum Gasteiger partial charge on any atom is 0.194 e. The molecule has 0 saturated carbocycles. The summed E-state index contributed by atoms with van der Waals surface area (Å²) in [5.74, 6) is 1.24. The summed E-state index contributed by atoms with van der Waals surface area (Å²) in [6.07, 6.45) is 5.92. The molecule has 0 atom stereocenters. The number of oxime groups is 1. The van der Waals surface area contributed by atoms with E-state index in [4.69, 9.17) is 9.82 Å². The molecular weight excluding hydrogens is 374 g/mol. The zero-order valence-corrected chi connectivity index (χ0v) is 16.5. The quantitative estimate of drug-likeness (QED) is 0.374. The summed E-state index contributed by atoms with van der Waals surface area (Å²) in [6.45, 7) is 6.72. The van der Waals surface area contributed by atoms with Gasteiger partial charge >= 0.3 is 0 Å². The highest BCUT2D eigenvalue weighted by Crippen LogP contribution is 2.34. The standard InChI is InChI=1S/C19H19N7OS/c1-4-10-27-25-14-7-9-26(3)18-15(14)22-17(23-24-18)16-12(2)21-19(28-16)13-6-5-8-20-11-13/h4-6,8,11H,1,7,9-10H2,2-3H3. The van der Waals surface area contributed by atoms with Crippen LogP contribution in [0.3, 0.4) is 0 Å². The maximum atomic E-state index is 5.29. The van der Waals surface area contributed by atoms with Crippen molar-refractivity contribution in [1.82, 2.24) is 25.1 Å². The molecule has 4 heterocycles. The first-order valence-electron chi connectivity index (χ1n) is 8.81. The second-order valence-electron chi connectivity index (χ2n) is 6.28. The number of aryl methyl sites for hydroxylation is 1. The van der Waals surface area contributed by atoms with Crippen LogP contribution in [-0.2, 0) is 4.84 Å². The van der Waals surface area contributed by atoms with E-state index in [9.17, 15) is 0 Å². The fourth-order valence-corrected chi connectivity index (χ4v) is 3.82. The van der Waals surface area contributed by atoms with Gasteiger partial charge in [0, 0.05) is 38.0 Å². The highest BCUT2D eigenvalue weighted by molar-refractivity contribution is 7.18. The van der Waals surface area contributed by atoms with Gasteiger partial charge in [-0.25, -0.2) is 9.97 Å². The van der Waals surface area contributed by atoms with E-state index in [1.807, 2.05) is 31.0 Å². The number of fused-ring (bicyclic) bond motifs is 1. The Morgan fingerprint density at radius 2 is 2.25 bits per heavy atom. The lowest BCUT2D eigenvalue weighted by Crippen LogP contribution is -2.31. The van der Waals surface area contributed by atoms with Crippen molar-refractivity contribution < 1.29 is 4.84 Å². The van der Waals surface area contributed by atoms with Crippen LogP contribution in [0.4, 0.5) is 5.82 Å². The van der Waals surface area contributed by atoms with Gasteiger partial charge in [0.1, 0.15) is 23.0 Å². The van der Waals surface area contributed by atoms with E-state index < -0.39 is 0 Å². The summed E-state index contributed by atoms with van der Waals surface area (Å²) in [4.78, 5) is 21.8. The molecule has 0 N–H and O–H groups in total. The lowest BCUT2D eigenvalue weighted by atomic mass is 10.1. The predicted molar refractivity (Wildman–Crippen MR) is 109 cm³/mol. The summed E-state index contributed by atoms with van der Waals surface area (Å²) in [6, 6.07) is 3.88. The van der Waals surface area contributed by atoms with Crippen LogP contribution in [-0.4, -0.2) is 51.1 Å². The van der Waals surface area contributed by atoms with Crippen LogP contribution in [0.2, 0.25) is 0 Å². The molecule has 0 unspecified atom stereocenters. The van der Waals surface area contributed by atoms with Crippen molar-refractivity contribution in [3.05, 3.63) is 48.6 Å². The van der Waals surface area contributed by atoms with Crippen LogP contribution >= 0.6 is 11.3 Å². The second-order valence-corrected chi connectivity index (χ2v) is 7.28. The molecule has 3 aromatic rings. The fraction of sp³-hybridized carbons (Fsp3) is 0.263. The van der Waals surface area contributed by atoms with Crippen molar-refractivity contribution in [2.24, 2.45) is 5.16 Å². The van der Waals surface area contributed by atoms with Crippen molar-refractivity contribution in [3.63, 3.8) is 0 Å². The minimum Gasteiger partial charge on any atom is -0.391 e. The van der Waals surface area contributed by atoms with Crippen LogP contribution in [0.1, 0.15) is 17.8 Å². The van der Waals surface area contributed by atoms with E-state index in [1.54, 1.807) is 18.5 Å². The SMILES string of the molecule is C=CCON=C1CCN(C)c2nnc(-c3sc(-c4cccnc4)nc3C)nc21. The monoisotopic (exact) mass is 393 g/mol. The van der Waals surface area contributed by atoms with Gasteiger partial charge in [-0.1, -0.05) is 17.8 Å². The highest BCUT2D eigenvalue weighted by atomic mass is 32.1. The molecule has 0 aliphatic carbocycles. The zero-order valence-electron chi connectivity index (χ0n) is 15.7. The molecule has 0 aromatic carbocycles. The van der Waals surface area contributed by atoms with E-state index in [-0.39, 0.29) is 0 Å². The zero-order chi connectivity index (χ0) is 19.5.